The van der Waals surface area contributed by atoms with Gasteiger partial charge in [0.15, 0.2) is 0 Å². The van der Waals surface area contributed by atoms with Gasteiger partial charge in [-0.2, -0.15) is 0 Å². The van der Waals surface area contributed by atoms with Crippen LogP contribution in [0, 0.1) is 34.5 Å². The topological polar surface area (TPSA) is 40.5 Å². The maximum absolute atomic E-state index is 10.1. The summed E-state index contributed by atoms with van der Waals surface area (Å²) in [5.41, 5.74) is 5.78. The first-order valence-corrected chi connectivity index (χ1v) is 17.7. The van der Waals surface area contributed by atoms with Gasteiger partial charge in [0.1, 0.15) is 0 Å². The standard InChI is InChI=1S/C40H70O2/c1-29(17-13-19-31(3)21-23-37-33(5)25-35(41)27-39(37,7)8)15-11-12-16-30(2)18-14-20-32(4)22-24-38-34(6)26-36(42)28-40(38,9)10/h21-24,29-32,35-36,41-42H,11-20,25-28H2,1-10H3/b23-21+,24-22+/t29?,30?,31?,32?,35-,36-/m0/s1. The van der Waals surface area contributed by atoms with Crippen LogP contribution >= 0.6 is 0 Å². The van der Waals surface area contributed by atoms with Crippen LogP contribution in [0.3, 0.4) is 0 Å². The molecule has 2 aliphatic carbocycles. The second kappa shape index (κ2) is 17.4. The number of unbranched alkanes of at least 4 members (excludes halogenated alkanes) is 1. The van der Waals surface area contributed by atoms with Crippen LogP contribution in [0.5, 0.6) is 0 Å². The van der Waals surface area contributed by atoms with Gasteiger partial charge in [0.05, 0.1) is 12.2 Å². The number of rotatable bonds is 17. The van der Waals surface area contributed by atoms with E-state index in [0.29, 0.717) is 11.8 Å². The van der Waals surface area contributed by atoms with E-state index < -0.39 is 0 Å². The van der Waals surface area contributed by atoms with E-state index in [1.165, 1.54) is 86.5 Å². The average Bonchev–Trinajstić information content (AvgIpc) is 2.84. The zero-order valence-electron chi connectivity index (χ0n) is 29.6. The second-order valence-electron chi connectivity index (χ2n) is 16.3. The minimum Gasteiger partial charge on any atom is -0.393 e. The molecule has 0 bridgehead atoms. The molecule has 2 N–H and O–H groups in total. The molecule has 0 fully saturated rings. The molecule has 0 radical (unpaired) electrons. The number of aliphatic hydroxyl groups is 2. The van der Waals surface area contributed by atoms with Gasteiger partial charge in [0.25, 0.3) is 0 Å². The Bertz CT molecular complexity index is 853. The summed E-state index contributed by atoms with van der Waals surface area (Å²) in [5, 5.41) is 20.3. The van der Waals surface area contributed by atoms with Gasteiger partial charge >= 0.3 is 0 Å². The summed E-state index contributed by atoms with van der Waals surface area (Å²) >= 11 is 0. The lowest BCUT2D eigenvalue weighted by Gasteiger charge is -2.36. The molecule has 0 heterocycles. The van der Waals surface area contributed by atoms with Crippen LogP contribution in [0.1, 0.15) is 159 Å². The van der Waals surface area contributed by atoms with Gasteiger partial charge in [-0.15, -0.1) is 0 Å². The second-order valence-corrected chi connectivity index (χ2v) is 16.3. The molecule has 2 aliphatic rings. The van der Waals surface area contributed by atoms with E-state index in [-0.39, 0.29) is 23.0 Å². The summed E-state index contributed by atoms with van der Waals surface area (Å²) in [7, 11) is 0. The van der Waals surface area contributed by atoms with E-state index in [1.807, 2.05) is 0 Å². The highest BCUT2D eigenvalue weighted by molar-refractivity contribution is 5.34. The molecule has 0 aromatic carbocycles. The molecule has 2 heteroatoms. The van der Waals surface area contributed by atoms with Gasteiger partial charge in [-0.3, -0.25) is 0 Å². The molecule has 2 rings (SSSR count). The molecule has 0 aromatic rings. The van der Waals surface area contributed by atoms with Crippen molar-refractivity contribution >= 4 is 0 Å². The van der Waals surface area contributed by atoms with E-state index >= 15 is 0 Å². The third-order valence-electron chi connectivity index (χ3n) is 10.5. The zero-order valence-corrected chi connectivity index (χ0v) is 29.6. The van der Waals surface area contributed by atoms with E-state index in [2.05, 4.69) is 93.5 Å². The SMILES string of the molecule is CC1=C(/C=C/C(C)CCCC(C)CCCCC(C)CCCC(C)/C=C/C2=C(C)C[C@H](O)CC2(C)C)C(C)(C)C[C@@H](O)C1. The van der Waals surface area contributed by atoms with Gasteiger partial charge in [0.2, 0.25) is 0 Å². The molecule has 0 aromatic heterocycles. The predicted molar refractivity (Wildman–Crippen MR) is 185 cm³/mol. The van der Waals surface area contributed by atoms with Crippen LogP contribution in [0.15, 0.2) is 46.6 Å². The smallest absolute Gasteiger partial charge is 0.0585 e. The van der Waals surface area contributed by atoms with Crippen molar-refractivity contribution in [2.24, 2.45) is 34.5 Å². The van der Waals surface area contributed by atoms with Crippen molar-refractivity contribution < 1.29 is 10.2 Å². The lowest BCUT2D eigenvalue weighted by atomic mass is 9.71. The maximum atomic E-state index is 10.1. The summed E-state index contributed by atoms with van der Waals surface area (Å²) in [6.45, 7) is 23.1. The van der Waals surface area contributed by atoms with Crippen molar-refractivity contribution in [1.29, 1.82) is 0 Å². The van der Waals surface area contributed by atoms with Gasteiger partial charge in [0, 0.05) is 0 Å². The van der Waals surface area contributed by atoms with Crippen molar-refractivity contribution in [3.63, 3.8) is 0 Å². The largest absolute Gasteiger partial charge is 0.393 e. The van der Waals surface area contributed by atoms with Gasteiger partial charge in [-0.25, -0.2) is 0 Å². The van der Waals surface area contributed by atoms with Gasteiger partial charge in [-0.1, -0.05) is 142 Å². The number of hydrogen-bond acceptors (Lipinski definition) is 2. The Morgan fingerprint density at radius 3 is 1.26 bits per heavy atom. The van der Waals surface area contributed by atoms with Crippen LogP contribution < -0.4 is 0 Å². The average molecular weight is 583 g/mol. The molecule has 0 saturated heterocycles. The highest BCUT2D eigenvalue weighted by Crippen LogP contribution is 2.42. The normalized spacial score (nSPS) is 25.8. The molecule has 6 atom stereocenters. The molecular formula is C40H70O2. The molecule has 4 unspecified atom stereocenters. The first-order valence-electron chi connectivity index (χ1n) is 17.7. The van der Waals surface area contributed by atoms with Crippen molar-refractivity contribution in [3.05, 3.63) is 46.6 Å². The van der Waals surface area contributed by atoms with Crippen molar-refractivity contribution in [1.82, 2.24) is 0 Å². The molecule has 42 heavy (non-hydrogen) atoms. The van der Waals surface area contributed by atoms with Crippen LogP contribution in [-0.2, 0) is 0 Å². The number of aliphatic hydroxyl groups excluding tert-OH is 2. The molecule has 242 valence electrons. The fourth-order valence-electron chi connectivity index (χ4n) is 7.92. The Balaban J connectivity index is 1.56. The Kier molecular flexibility index (Phi) is 15.3. The molecule has 0 saturated carbocycles. The van der Waals surface area contributed by atoms with E-state index in [9.17, 15) is 10.2 Å². The van der Waals surface area contributed by atoms with Crippen molar-refractivity contribution in [2.45, 2.75) is 171 Å². The van der Waals surface area contributed by atoms with Crippen molar-refractivity contribution in [3.8, 4) is 0 Å². The van der Waals surface area contributed by atoms with E-state index in [4.69, 9.17) is 0 Å². The fraction of sp³-hybridized carbons (Fsp3) is 0.800. The summed E-state index contributed by atoms with van der Waals surface area (Å²) in [6.07, 6.45) is 26.1. The monoisotopic (exact) mass is 583 g/mol. The molecule has 0 spiro atoms. The van der Waals surface area contributed by atoms with Crippen LogP contribution in [0.25, 0.3) is 0 Å². The highest BCUT2D eigenvalue weighted by atomic mass is 16.3. The summed E-state index contributed by atoms with van der Waals surface area (Å²) < 4.78 is 0. The molecule has 0 amide bonds. The van der Waals surface area contributed by atoms with E-state index in [0.717, 1.165) is 37.5 Å². The van der Waals surface area contributed by atoms with Gasteiger partial charge in [-0.05, 0) is 98.0 Å². The Labute approximate surface area is 262 Å². The fourth-order valence-corrected chi connectivity index (χ4v) is 7.92. The third kappa shape index (κ3) is 12.9. The third-order valence-corrected chi connectivity index (χ3v) is 10.5. The predicted octanol–water partition coefficient (Wildman–Crippen LogP) is 11.5. The van der Waals surface area contributed by atoms with E-state index in [1.54, 1.807) is 0 Å². The maximum Gasteiger partial charge on any atom is 0.0585 e. The zero-order chi connectivity index (χ0) is 31.5. The van der Waals surface area contributed by atoms with Crippen LogP contribution in [-0.4, -0.2) is 22.4 Å². The first-order chi connectivity index (χ1) is 19.6. The summed E-state index contributed by atoms with van der Waals surface area (Å²) in [5.74, 6) is 2.91. The molecule has 0 aliphatic heterocycles. The lowest BCUT2D eigenvalue weighted by Crippen LogP contribution is -2.28. The van der Waals surface area contributed by atoms with Gasteiger partial charge < -0.3 is 10.2 Å². The van der Waals surface area contributed by atoms with Crippen molar-refractivity contribution in [2.75, 3.05) is 0 Å². The minimum absolute atomic E-state index is 0.0790. The first kappa shape index (κ1) is 37.1. The highest BCUT2D eigenvalue weighted by Gasteiger charge is 2.32. The summed E-state index contributed by atoms with van der Waals surface area (Å²) in [6, 6.07) is 0. The minimum atomic E-state index is -0.180. The summed E-state index contributed by atoms with van der Waals surface area (Å²) in [4.78, 5) is 0. The molecular weight excluding hydrogens is 512 g/mol. The Hall–Kier alpha value is -1.12. The lowest BCUT2D eigenvalue weighted by molar-refractivity contribution is 0.116. The quantitative estimate of drug-likeness (QED) is 0.167. The number of allylic oxidation sites excluding steroid dienone is 6. The van der Waals surface area contributed by atoms with Crippen LogP contribution in [0.2, 0.25) is 0 Å². The molecule has 2 nitrogen and oxygen atoms in total. The number of hydrogen-bond donors (Lipinski definition) is 2. The Morgan fingerprint density at radius 1 is 0.595 bits per heavy atom. The van der Waals surface area contributed by atoms with Crippen LogP contribution in [0.4, 0.5) is 0 Å². The Morgan fingerprint density at radius 2 is 0.929 bits per heavy atom.